The van der Waals surface area contributed by atoms with Crippen LogP contribution in [0.1, 0.15) is 23.6 Å². The molecule has 0 spiro atoms. The Morgan fingerprint density at radius 3 is 2.60 bits per heavy atom. The van der Waals surface area contributed by atoms with Crippen LogP contribution in [0.15, 0.2) is 48.5 Å². The van der Waals surface area contributed by atoms with Gasteiger partial charge < -0.3 is 10.0 Å². The summed E-state index contributed by atoms with van der Waals surface area (Å²) in [6.45, 7) is 4.76. The zero-order valence-corrected chi connectivity index (χ0v) is 17.5. The summed E-state index contributed by atoms with van der Waals surface area (Å²) in [4.78, 5) is 27.9. The minimum Gasteiger partial charge on any atom is -0.481 e. The molecule has 1 aliphatic heterocycles. The Hall–Kier alpha value is -2.70. The highest BCUT2D eigenvalue weighted by molar-refractivity contribution is 6.30. The van der Waals surface area contributed by atoms with E-state index >= 15 is 0 Å². The second-order valence-electron chi connectivity index (χ2n) is 7.49. The SMILES string of the molecule is CC1CN(Cc2ccc(F)cc2)CCN1C(=O)/C=C/c1ccc(Cl)cc1CC(=O)O. The fraction of sp³-hybridized carbons (Fsp3) is 0.304. The molecule has 1 fully saturated rings. The van der Waals surface area contributed by atoms with Crippen LogP contribution < -0.4 is 0 Å². The number of benzene rings is 2. The Labute approximate surface area is 180 Å². The minimum absolute atomic E-state index is 0.0278. The molecule has 158 valence electrons. The lowest BCUT2D eigenvalue weighted by Crippen LogP contribution is -2.53. The normalized spacial score (nSPS) is 17.4. The van der Waals surface area contributed by atoms with Gasteiger partial charge in [-0.2, -0.15) is 0 Å². The Morgan fingerprint density at radius 1 is 1.20 bits per heavy atom. The van der Waals surface area contributed by atoms with E-state index in [-0.39, 0.29) is 24.2 Å². The lowest BCUT2D eigenvalue weighted by atomic mass is 10.0. The smallest absolute Gasteiger partial charge is 0.307 e. The lowest BCUT2D eigenvalue weighted by Gasteiger charge is -2.39. The highest BCUT2D eigenvalue weighted by atomic mass is 35.5. The second-order valence-corrected chi connectivity index (χ2v) is 7.93. The summed E-state index contributed by atoms with van der Waals surface area (Å²) in [7, 11) is 0. The van der Waals surface area contributed by atoms with Crippen molar-refractivity contribution in [3.63, 3.8) is 0 Å². The average Bonchev–Trinajstić information content (AvgIpc) is 2.68. The van der Waals surface area contributed by atoms with Gasteiger partial charge in [0, 0.05) is 43.3 Å². The molecule has 1 aliphatic rings. The van der Waals surface area contributed by atoms with Crippen LogP contribution in [0.2, 0.25) is 5.02 Å². The highest BCUT2D eigenvalue weighted by Gasteiger charge is 2.26. The number of carbonyl (C=O) groups is 2. The average molecular weight is 431 g/mol. The van der Waals surface area contributed by atoms with Gasteiger partial charge in [0.05, 0.1) is 6.42 Å². The number of hydrogen-bond donors (Lipinski definition) is 1. The second kappa shape index (κ2) is 9.87. The van der Waals surface area contributed by atoms with Gasteiger partial charge in [-0.15, -0.1) is 0 Å². The Morgan fingerprint density at radius 2 is 1.93 bits per heavy atom. The molecule has 0 aliphatic carbocycles. The summed E-state index contributed by atoms with van der Waals surface area (Å²) in [5.41, 5.74) is 2.27. The van der Waals surface area contributed by atoms with Crippen molar-refractivity contribution < 1.29 is 19.1 Å². The molecule has 30 heavy (non-hydrogen) atoms. The number of aliphatic carboxylic acids is 1. The molecule has 2 aromatic carbocycles. The van der Waals surface area contributed by atoms with Crippen molar-refractivity contribution in [2.45, 2.75) is 25.9 Å². The molecule has 1 N–H and O–H groups in total. The Balaban J connectivity index is 1.61. The number of carboxylic acid groups (broad SMARTS) is 1. The predicted molar refractivity (Wildman–Crippen MR) is 115 cm³/mol. The van der Waals surface area contributed by atoms with E-state index in [0.717, 1.165) is 18.7 Å². The maximum atomic E-state index is 13.1. The van der Waals surface area contributed by atoms with Crippen molar-refractivity contribution in [1.29, 1.82) is 0 Å². The molecular formula is C23H24ClFN2O3. The summed E-state index contributed by atoms with van der Waals surface area (Å²) in [6, 6.07) is 11.5. The van der Waals surface area contributed by atoms with E-state index in [0.29, 0.717) is 29.2 Å². The molecule has 1 saturated heterocycles. The molecule has 2 aromatic rings. The molecule has 1 heterocycles. The number of hydrogen-bond acceptors (Lipinski definition) is 3. The largest absolute Gasteiger partial charge is 0.481 e. The van der Waals surface area contributed by atoms with E-state index in [9.17, 15) is 14.0 Å². The first-order valence-electron chi connectivity index (χ1n) is 9.77. The Kier molecular flexibility index (Phi) is 7.24. The third-order valence-electron chi connectivity index (χ3n) is 5.17. The van der Waals surface area contributed by atoms with Crippen LogP contribution in [0.4, 0.5) is 4.39 Å². The van der Waals surface area contributed by atoms with Crippen molar-refractivity contribution in [2.24, 2.45) is 0 Å². The summed E-state index contributed by atoms with van der Waals surface area (Å²) < 4.78 is 13.1. The minimum atomic E-state index is -0.954. The topological polar surface area (TPSA) is 60.9 Å². The van der Waals surface area contributed by atoms with Crippen LogP contribution in [0.5, 0.6) is 0 Å². The molecule has 1 amide bonds. The van der Waals surface area contributed by atoms with Gasteiger partial charge in [0.2, 0.25) is 5.91 Å². The van der Waals surface area contributed by atoms with Crippen LogP contribution in [-0.4, -0.2) is 52.5 Å². The number of carboxylic acids is 1. The van der Waals surface area contributed by atoms with E-state index in [2.05, 4.69) is 4.90 Å². The summed E-state index contributed by atoms with van der Waals surface area (Å²) in [5, 5.41) is 9.54. The molecule has 0 aromatic heterocycles. The first-order chi connectivity index (χ1) is 14.3. The highest BCUT2D eigenvalue weighted by Crippen LogP contribution is 2.19. The van der Waals surface area contributed by atoms with Crippen molar-refractivity contribution >= 4 is 29.6 Å². The Bertz CT molecular complexity index is 946. The zero-order valence-electron chi connectivity index (χ0n) is 16.7. The van der Waals surface area contributed by atoms with Gasteiger partial charge in [-0.05, 0) is 54.0 Å². The monoisotopic (exact) mass is 430 g/mol. The van der Waals surface area contributed by atoms with Gasteiger partial charge in [0.1, 0.15) is 5.82 Å². The van der Waals surface area contributed by atoms with Crippen LogP contribution in [-0.2, 0) is 22.6 Å². The number of amides is 1. The van der Waals surface area contributed by atoms with Gasteiger partial charge in [0.15, 0.2) is 0 Å². The van der Waals surface area contributed by atoms with Gasteiger partial charge in [0.25, 0.3) is 0 Å². The van der Waals surface area contributed by atoms with E-state index in [1.807, 2.05) is 11.8 Å². The molecule has 1 atom stereocenters. The van der Waals surface area contributed by atoms with Gasteiger partial charge in [-0.1, -0.05) is 29.8 Å². The van der Waals surface area contributed by atoms with Crippen LogP contribution >= 0.6 is 11.6 Å². The van der Waals surface area contributed by atoms with Gasteiger partial charge in [-0.3, -0.25) is 14.5 Å². The van der Waals surface area contributed by atoms with Crippen molar-refractivity contribution in [1.82, 2.24) is 9.80 Å². The summed E-state index contributed by atoms with van der Waals surface area (Å²) in [5.74, 6) is -1.31. The number of rotatable bonds is 6. The molecule has 0 bridgehead atoms. The fourth-order valence-corrected chi connectivity index (χ4v) is 3.86. The summed E-state index contributed by atoms with van der Waals surface area (Å²) in [6.07, 6.45) is 2.97. The quantitative estimate of drug-likeness (QED) is 0.707. The maximum Gasteiger partial charge on any atom is 0.307 e. The van der Waals surface area contributed by atoms with Crippen molar-refractivity contribution in [2.75, 3.05) is 19.6 Å². The van der Waals surface area contributed by atoms with Gasteiger partial charge >= 0.3 is 5.97 Å². The number of piperazine rings is 1. The molecule has 7 heteroatoms. The third-order valence-corrected chi connectivity index (χ3v) is 5.40. The third kappa shape index (κ3) is 5.90. The number of halogens is 2. The maximum absolute atomic E-state index is 13.1. The predicted octanol–water partition coefficient (Wildman–Crippen LogP) is 3.85. The zero-order chi connectivity index (χ0) is 21.7. The molecule has 1 unspecified atom stereocenters. The summed E-state index contributed by atoms with van der Waals surface area (Å²) >= 11 is 5.97. The first-order valence-corrected chi connectivity index (χ1v) is 10.2. The molecular weight excluding hydrogens is 407 g/mol. The lowest BCUT2D eigenvalue weighted by molar-refractivity contribution is -0.136. The number of nitrogens with zero attached hydrogens (tertiary/aromatic N) is 2. The molecule has 3 rings (SSSR count). The van der Waals surface area contributed by atoms with Crippen LogP contribution in [0.3, 0.4) is 0 Å². The van der Waals surface area contributed by atoms with Crippen molar-refractivity contribution in [3.8, 4) is 0 Å². The van der Waals surface area contributed by atoms with E-state index < -0.39 is 5.97 Å². The molecule has 0 saturated carbocycles. The van der Waals surface area contributed by atoms with E-state index in [1.54, 1.807) is 36.4 Å². The van der Waals surface area contributed by atoms with Crippen LogP contribution in [0, 0.1) is 5.82 Å². The standard InChI is InChI=1S/C23H24ClFN2O3/c1-16-14-26(15-17-2-7-21(25)8-3-17)10-11-27(16)22(28)9-5-18-4-6-20(24)12-19(18)13-23(29)30/h2-9,12,16H,10-11,13-15H2,1H3,(H,29,30)/b9-5+. The fourth-order valence-electron chi connectivity index (χ4n) is 3.66. The van der Waals surface area contributed by atoms with E-state index in [1.165, 1.54) is 18.2 Å². The molecule has 0 radical (unpaired) electrons. The van der Waals surface area contributed by atoms with Crippen LogP contribution in [0.25, 0.3) is 6.08 Å². The van der Waals surface area contributed by atoms with Crippen molar-refractivity contribution in [3.05, 3.63) is 76.1 Å². The number of carbonyl (C=O) groups excluding carboxylic acids is 1. The van der Waals surface area contributed by atoms with Gasteiger partial charge in [-0.25, -0.2) is 4.39 Å². The first kappa shape index (κ1) is 22.0. The molecule has 5 nitrogen and oxygen atoms in total. The van der Waals surface area contributed by atoms with E-state index in [4.69, 9.17) is 16.7 Å².